The fourth-order valence-electron chi connectivity index (χ4n) is 1.51. The van der Waals surface area contributed by atoms with Crippen LogP contribution in [0.5, 0.6) is 5.75 Å². The number of hydrogen-bond donors (Lipinski definition) is 0. The zero-order valence-electron chi connectivity index (χ0n) is 9.49. The molecule has 0 aliphatic rings. The molecule has 1 aromatic carbocycles. The monoisotopic (exact) mass is 317 g/mol. The van der Waals surface area contributed by atoms with Gasteiger partial charge in [0.1, 0.15) is 11.5 Å². The van der Waals surface area contributed by atoms with Crippen LogP contribution in [0.1, 0.15) is 22.9 Å². The summed E-state index contributed by atoms with van der Waals surface area (Å²) >= 11 is 3.17. The summed E-state index contributed by atoms with van der Waals surface area (Å²) in [6.45, 7) is -1.60. The van der Waals surface area contributed by atoms with Crippen LogP contribution in [-0.4, -0.2) is 12.4 Å². The molecule has 6 heteroatoms. The molecule has 1 aromatic rings. The molecule has 1 atom stereocenters. The Kier molecular flexibility index (Phi) is 5.23. The van der Waals surface area contributed by atoms with E-state index in [2.05, 4.69) is 20.7 Å². The third-order valence-electron chi connectivity index (χ3n) is 2.27. The van der Waals surface area contributed by atoms with Crippen molar-refractivity contribution >= 4 is 21.7 Å². The third-order valence-corrected chi connectivity index (χ3v) is 3.41. The summed E-state index contributed by atoms with van der Waals surface area (Å²) in [7, 11) is 0. The van der Waals surface area contributed by atoms with Gasteiger partial charge >= 0.3 is 6.61 Å². The Morgan fingerprint density at radius 2 is 2.22 bits per heavy atom. The van der Waals surface area contributed by atoms with E-state index in [-0.39, 0.29) is 18.0 Å². The van der Waals surface area contributed by atoms with Gasteiger partial charge in [0.15, 0.2) is 0 Å². The van der Waals surface area contributed by atoms with Gasteiger partial charge in [0.05, 0.1) is 17.3 Å². The van der Waals surface area contributed by atoms with E-state index < -0.39 is 11.4 Å². The number of halogens is 3. The number of ketones is 1. The highest BCUT2D eigenvalue weighted by atomic mass is 79.9. The number of nitriles is 1. The molecule has 0 heterocycles. The van der Waals surface area contributed by atoms with Crippen molar-refractivity contribution in [3.63, 3.8) is 0 Å². The lowest BCUT2D eigenvalue weighted by atomic mass is 9.99. The van der Waals surface area contributed by atoms with E-state index in [0.717, 1.165) is 0 Å². The summed E-state index contributed by atoms with van der Waals surface area (Å²) in [5, 5.41) is 8.73. The van der Waals surface area contributed by atoms with Gasteiger partial charge < -0.3 is 4.74 Å². The number of ether oxygens (including phenoxy) is 1. The van der Waals surface area contributed by atoms with E-state index in [1.807, 2.05) is 6.07 Å². The molecule has 0 aliphatic carbocycles. The van der Waals surface area contributed by atoms with Gasteiger partial charge in [0.25, 0.3) is 0 Å². The molecule has 96 valence electrons. The quantitative estimate of drug-likeness (QED) is 0.782. The molecule has 3 nitrogen and oxygen atoms in total. The van der Waals surface area contributed by atoms with Gasteiger partial charge in [-0.25, -0.2) is 0 Å². The molecule has 0 aliphatic heterocycles. The highest BCUT2D eigenvalue weighted by molar-refractivity contribution is 9.09. The van der Waals surface area contributed by atoms with Gasteiger partial charge in [-0.1, -0.05) is 28.1 Å². The molecule has 0 spiro atoms. The minimum atomic E-state index is -2.97. The molecule has 0 amide bonds. The number of carbonyl (C=O) groups excluding carboxylic acids is 1. The molecule has 18 heavy (non-hydrogen) atoms. The Labute approximate surface area is 111 Å². The molecule has 1 rings (SSSR count). The number of nitrogens with zero attached hydrogens (tertiary/aromatic N) is 1. The van der Waals surface area contributed by atoms with Crippen LogP contribution in [-0.2, 0) is 11.2 Å². The second kappa shape index (κ2) is 6.45. The van der Waals surface area contributed by atoms with Crippen molar-refractivity contribution in [1.82, 2.24) is 0 Å². The highest BCUT2D eigenvalue weighted by Crippen LogP contribution is 2.33. The summed E-state index contributed by atoms with van der Waals surface area (Å²) in [4.78, 5) is 10.7. The molecule has 0 saturated carbocycles. The van der Waals surface area contributed by atoms with E-state index in [0.29, 0.717) is 11.1 Å². The van der Waals surface area contributed by atoms with Crippen LogP contribution in [0, 0.1) is 11.3 Å². The van der Waals surface area contributed by atoms with Gasteiger partial charge in [-0.15, -0.1) is 0 Å². The average molecular weight is 318 g/mol. The molecule has 0 N–H and O–H groups in total. The van der Waals surface area contributed by atoms with Gasteiger partial charge in [-0.3, -0.25) is 4.79 Å². The van der Waals surface area contributed by atoms with Crippen molar-refractivity contribution in [2.45, 2.75) is 24.8 Å². The zero-order chi connectivity index (χ0) is 13.7. The first-order valence-electron chi connectivity index (χ1n) is 5.05. The van der Waals surface area contributed by atoms with E-state index in [4.69, 9.17) is 5.26 Å². The van der Waals surface area contributed by atoms with Crippen molar-refractivity contribution < 1.29 is 18.3 Å². The Morgan fingerprint density at radius 1 is 1.56 bits per heavy atom. The Bertz CT molecular complexity index is 485. The van der Waals surface area contributed by atoms with E-state index in [1.165, 1.54) is 19.1 Å². The third kappa shape index (κ3) is 3.50. The summed E-state index contributed by atoms with van der Waals surface area (Å²) in [6.07, 6.45) is -0.104. The van der Waals surface area contributed by atoms with Crippen LogP contribution >= 0.6 is 15.9 Å². The Balaban J connectivity index is 3.25. The molecular formula is C12H10BrF2NO2. The van der Waals surface area contributed by atoms with E-state index >= 15 is 0 Å². The minimum Gasteiger partial charge on any atom is -0.434 e. The van der Waals surface area contributed by atoms with Gasteiger partial charge in [0.2, 0.25) is 0 Å². The van der Waals surface area contributed by atoms with Crippen molar-refractivity contribution in [2.24, 2.45) is 0 Å². The molecule has 0 saturated heterocycles. The first-order valence-corrected chi connectivity index (χ1v) is 5.97. The summed E-state index contributed by atoms with van der Waals surface area (Å²) in [5.74, 6) is -0.252. The number of carbonyl (C=O) groups is 1. The normalized spacial score (nSPS) is 12.0. The molecule has 0 fully saturated rings. The zero-order valence-corrected chi connectivity index (χ0v) is 11.1. The first-order chi connectivity index (χ1) is 8.47. The number of Topliss-reactive ketones (excluding diaryl/α,β-unsaturated/α-hetero) is 1. The maximum absolute atomic E-state index is 12.2. The van der Waals surface area contributed by atoms with Crippen molar-refractivity contribution in [1.29, 1.82) is 5.26 Å². The topological polar surface area (TPSA) is 50.1 Å². The van der Waals surface area contributed by atoms with Gasteiger partial charge in [-0.05, 0) is 18.6 Å². The second-order valence-corrected chi connectivity index (χ2v) is 4.43. The SMILES string of the molecule is CC(=O)C(Br)c1cccc(OC(F)F)c1CC#N. The van der Waals surface area contributed by atoms with Crippen molar-refractivity contribution in [3.05, 3.63) is 29.3 Å². The lowest BCUT2D eigenvalue weighted by Gasteiger charge is -2.15. The van der Waals surface area contributed by atoms with Crippen LogP contribution in [0.25, 0.3) is 0 Å². The van der Waals surface area contributed by atoms with Crippen LogP contribution < -0.4 is 4.74 Å². The standard InChI is InChI=1S/C12H10BrF2NO2/c1-7(17)11(13)9-3-2-4-10(18-12(14)15)8(9)5-6-16/h2-4,11-12H,5H2,1H3. The Morgan fingerprint density at radius 3 is 2.72 bits per heavy atom. The maximum atomic E-state index is 12.2. The molecule has 0 aromatic heterocycles. The highest BCUT2D eigenvalue weighted by Gasteiger charge is 2.20. The minimum absolute atomic E-state index is 0.0743. The predicted molar refractivity (Wildman–Crippen MR) is 64.7 cm³/mol. The summed E-state index contributed by atoms with van der Waals surface area (Å²) in [5.41, 5.74) is 0.777. The molecule has 0 radical (unpaired) electrons. The fraction of sp³-hybridized carbons (Fsp3) is 0.333. The van der Waals surface area contributed by atoms with Crippen LogP contribution in [0.3, 0.4) is 0 Å². The maximum Gasteiger partial charge on any atom is 0.387 e. The van der Waals surface area contributed by atoms with E-state index in [9.17, 15) is 13.6 Å². The van der Waals surface area contributed by atoms with Crippen molar-refractivity contribution in [2.75, 3.05) is 0 Å². The largest absolute Gasteiger partial charge is 0.434 e. The van der Waals surface area contributed by atoms with Gasteiger partial charge in [0, 0.05) is 5.56 Å². The predicted octanol–water partition coefficient (Wildman–Crippen LogP) is 3.38. The number of hydrogen-bond acceptors (Lipinski definition) is 3. The lowest BCUT2D eigenvalue weighted by molar-refractivity contribution is -0.116. The van der Waals surface area contributed by atoms with Crippen LogP contribution in [0.15, 0.2) is 18.2 Å². The lowest BCUT2D eigenvalue weighted by Crippen LogP contribution is -2.09. The number of benzene rings is 1. The summed E-state index contributed by atoms with van der Waals surface area (Å²) in [6, 6.07) is 6.33. The molecule has 0 bridgehead atoms. The van der Waals surface area contributed by atoms with Crippen LogP contribution in [0.4, 0.5) is 8.78 Å². The van der Waals surface area contributed by atoms with Crippen molar-refractivity contribution in [3.8, 4) is 11.8 Å². The molecule has 1 unspecified atom stereocenters. The Hall–Kier alpha value is -1.48. The number of rotatable bonds is 5. The molecular weight excluding hydrogens is 308 g/mol. The number of alkyl halides is 3. The smallest absolute Gasteiger partial charge is 0.387 e. The second-order valence-electron chi connectivity index (χ2n) is 3.51. The van der Waals surface area contributed by atoms with Crippen LogP contribution in [0.2, 0.25) is 0 Å². The summed E-state index contributed by atoms with van der Waals surface area (Å²) < 4.78 is 28.8. The van der Waals surface area contributed by atoms with Gasteiger partial charge in [-0.2, -0.15) is 14.0 Å². The first kappa shape index (κ1) is 14.6. The average Bonchev–Trinajstić information content (AvgIpc) is 2.30. The fourth-order valence-corrected chi connectivity index (χ4v) is 1.94. The van der Waals surface area contributed by atoms with E-state index in [1.54, 1.807) is 6.07 Å².